The quantitative estimate of drug-likeness (QED) is 0.723. The first-order valence-electron chi connectivity index (χ1n) is 5.31. The smallest absolute Gasteiger partial charge is 0.338 e. The summed E-state index contributed by atoms with van der Waals surface area (Å²) in [6.45, 7) is 5.64. The minimum absolute atomic E-state index is 0.101. The molecule has 0 aliphatic rings. The number of rotatable bonds is 5. The summed E-state index contributed by atoms with van der Waals surface area (Å²) in [4.78, 5) is 11.2. The predicted octanol–water partition coefficient (Wildman–Crippen LogP) is 0.305. The van der Waals surface area contributed by atoms with Crippen LogP contribution in [0.15, 0.2) is 4.52 Å². The van der Waals surface area contributed by atoms with E-state index in [4.69, 9.17) is 4.52 Å². The van der Waals surface area contributed by atoms with Gasteiger partial charge in [-0.3, -0.25) is 0 Å². The number of carbonyl (C=O) groups is 1. The van der Waals surface area contributed by atoms with Crippen LogP contribution in [0.4, 0.5) is 0 Å². The molecule has 0 bridgehead atoms. The second-order valence-electron chi connectivity index (χ2n) is 4.17. The molecule has 17 heavy (non-hydrogen) atoms. The molecule has 6 nitrogen and oxygen atoms in total. The van der Waals surface area contributed by atoms with Gasteiger partial charge in [0.05, 0.1) is 12.8 Å². The van der Waals surface area contributed by atoms with Crippen molar-refractivity contribution in [1.29, 1.82) is 0 Å². The van der Waals surface area contributed by atoms with E-state index in [2.05, 4.69) is 15.2 Å². The van der Waals surface area contributed by atoms with Gasteiger partial charge in [-0.05, 0) is 20.8 Å². The zero-order valence-corrected chi connectivity index (χ0v) is 10.5. The maximum absolute atomic E-state index is 11.2. The van der Waals surface area contributed by atoms with Crippen molar-refractivity contribution in [2.24, 2.45) is 0 Å². The lowest BCUT2D eigenvalue weighted by atomic mass is 10.1. The van der Waals surface area contributed by atoms with E-state index in [0.717, 1.165) is 17.0 Å². The minimum Gasteiger partial charge on any atom is -0.467 e. The van der Waals surface area contributed by atoms with E-state index in [0.29, 0.717) is 6.54 Å². The van der Waals surface area contributed by atoms with Crippen molar-refractivity contribution in [3.05, 3.63) is 17.0 Å². The van der Waals surface area contributed by atoms with Crippen molar-refractivity contribution in [3.63, 3.8) is 0 Å². The van der Waals surface area contributed by atoms with Crippen molar-refractivity contribution in [2.75, 3.05) is 13.7 Å². The average molecular weight is 242 g/mol. The maximum Gasteiger partial charge on any atom is 0.338 e. The molecule has 1 aromatic heterocycles. The van der Waals surface area contributed by atoms with Gasteiger partial charge < -0.3 is 19.7 Å². The summed E-state index contributed by atoms with van der Waals surface area (Å²) in [5.41, 5.74) is 0.201. The Morgan fingerprint density at radius 1 is 1.59 bits per heavy atom. The van der Waals surface area contributed by atoms with Gasteiger partial charge in [-0.1, -0.05) is 5.16 Å². The van der Waals surface area contributed by atoms with Crippen molar-refractivity contribution >= 4 is 5.97 Å². The number of carbonyl (C=O) groups excluding carboxylic acids is 1. The summed E-state index contributed by atoms with van der Waals surface area (Å²) in [5.74, 6) is 0.0662. The molecule has 0 fully saturated rings. The lowest BCUT2D eigenvalue weighted by molar-refractivity contribution is -0.159. The van der Waals surface area contributed by atoms with Crippen LogP contribution in [-0.4, -0.2) is 35.5 Å². The second kappa shape index (κ2) is 5.29. The number of nitrogens with zero attached hydrogens (tertiary/aromatic N) is 1. The van der Waals surface area contributed by atoms with Gasteiger partial charge in [0.15, 0.2) is 5.60 Å². The minimum atomic E-state index is -1.53. The Labute approximate surface area is 99.9 Å². The van der Waals surface area contributed by atoms with Gasteiger partial charge in [0, 0.05) is 18.7 Å². The summed E-state index contributed by atoms with van der Waals surface area (Å²) in [7, 11) is 1.24. The lowest BCUT2D eigenvalue weighted by Crippen LogP contribution is -2.45. The summed E-state index contributed by atoms with van der Waals surface area (Å²) in [5, 5.41) is 16.6. The van der Waals surface area contributed by atoms with Crippen LogP contribution in [0.25, 0.3) is 0 Å². The molecular weight excluding hydrogens is 224 g/mol. The van der Waals surface area contributed by atoms with Gasteiger partial charge in [-0.15, -0.1) is 0 Å². The molecule has 0 spiro atoms. The van der Waals surface area contributed by atoms with Crippen LogP contribution >= 0.6 is 0 Å². The van der Waals surface area contributed by atoms with Crippen molar-refractivity contribution in [2.45, 2.75) is 32.9 Å². The molecule has 1 rings (SSSR count). The molecule has 0 saturated carbocycles. The molecule has 0 amide bonds. The standard InChI is InChI=1S/C11H18N2O4/c1-7-9(8(2)17-13-7)5-12-6-11(3,15)10(14)16-4/h12,15H,5-6H2,1-4H3. The zero-order chi connectivity index (χ0) is 13.1. The van der Waals surface area contributed by atoms with Gasteiger partial charge >= 0.3 is 5.97 Å². The fourth-order valence-corrected chi connectivity index (χ4v) is 1.48. The molecule has 96 valence electrons. The van der Waals surface area contributed by atoms with Gasteiger partial charge in [-0.2, -0.15) is 0 Å². The Hall–Kier alpha value is -1.40. The van der Waals surface area contributed by atoms with Gasteiger partial charge in [0.1, 0.15) is 5.76 Å². The highest BCUT2D eigenvalue weighted by atomic mass is 16.5. The van der Waals surface area contributed by atoms with Crippen LogP contribution in [0.3, 0.4) is 0 Å². The highest BCUT2D eigenvalue weighted by Gasteiger charge is 2.30. The van der Waals surface area contributed by atoms with E-state index in [1.54, 1.807) is 0 Å². The van der Waals surface area contributed by atoms with Crippen molar-refractivity contribution in [3.8, 4) is 0 Å². The van der Waals surface area contributed by atoms with Gasteiger partial charge in [-0.25, -0.2) is 4.79 Å². The molecule has 0 saturated heterocycles. The number of hydrogen-bond donors (Lipinski definition) is 2. The average Bonchev–Trinajstić information content (AvgIpc) is 2.59. The Morgan fingerprint density at radius 3 is 2.71 bits per heavy atom. The molecule has 1 unspecified atom stereocenters. The predicted molar refractivity (Wildman–Crippen MR) is 60.3 cm³/mol. The maximum atomic E-state index is 11.2. The number of hydrogen-bond acceptors (Lipinski definition) is 6. The fraction of sp³-hybridized carbons (Fsp3) is 0.636. The fourth-order valence-electron chi connectivity index (χ4n) is 1.48. The van der Waals surface area contributed by atoms with E-state index in [1.165, 1.54) is 14.0 Å². The first kappa shape index (κ1) is 13.7. The number of aromatic nitrogens is 1. The highest BCUT2D eigenvalue weighted by Crippen LogP contribution is 2.12. The Balaban J connectivity index is 2.51. The molecule has 0 aliphatic heterocycles. The molecule has 2 N–H and O–H groups in total. The van der Waals surface area contributed by atoms with E-state index < -0.39 is 11.6 Å². The molecule has 0 aliphatic carbocycles. The zero-order valence-electron chi connectivity index (χ0n) is 10.5. The van der Waals surface area contributed by atoms with Crippen LogP contribution in [0.2, 0.25) is 0 Å². The third kappa shape index (κ3) is 3.28. The number of nitrogens with one attached hydrogen (secondary N) is 1. The highest BCUT2D eigenvalue weighted by molar-refractivity contribution is 5.78. The molecule has 0 aromatic carbocycles. The van der Waals surface area contributed by atoms with Crippen molar-refractivity contribution in [1.82, 2.24) is 10.5 Å². The van der Waals surface area contributed by atoms with Crippen molar-refractivity contribution < 1.29 is 19.2 Å². The Morgan fingerprint density at radius 2 is 2.24 bits per heavy atom. The molecule has 0 radical (unpaired) electrons. The third-order valence-electron chi connectivity index (χ3n) is 2.58. The summed E-state index contributed by atoms with van der Waals surface area (Å²) < 4.78 is 9.49. The Kier molecular flexibility index (Phi) is 4.25. The number of esters is 1. The second-order valence-corrected chi connectivity index (χ2v) is 4.17. The molecule has 1 heterocycles. The SMILES string of the molecule is COC(=O)C(C)(O)CNCc1c(C)noc1C. The Bertz CT molecular complexity index is 379. The van der Waals surface area contributed by atoms with Crippen LogP contribution < -0.4 is 5.32 Å². The van der Waals surface area contributed by atoms with Crippen LogP contribution in [0.1, 0.15) is 23.9 Å². The number of aliphatic hydroxyl groups is 1. The molecular formula is C11H18N2O4. The first-order chi connectivity index (χ1) is 7.88. The molecule has 1 aromatic rings. The van der Waals surface area contributed by atoms with E-state index >= 15 is 0 Å². The molecule has 1 atom stereocenters. The number of aryl methyl sites for hydroxylation is 2. The van der Waals surface area contributed by atoms with E-state index in [9.17, 15) is 9.90 Å². The largest absolute Gasteiger partial charge is 0.467 e. The van der Waals surface area contributed by atoms with E-state index in [1.807, 2.05) is 13.8 Å². The summed E-state index contributed by atoms with van der Waals surface area (Å²) in [6.07, 6.45) is 0. The number of ether oxygens (including phenoxy) is 1. The molecule has 6 heteroatoms. The topological polar surface area (TPSA) is 84.6 Å². The van der Waals surface area contributed by atoms with Gasteiger partial charge in [0.25, 0.3) is 0 Å². The summed E-state index contributed by atoms with van der Waals surface area (Å²) in [6, 6.07) is 0. The normalized spacial score (nSPS) is 14.4. The van der Waals surface area contributed by atoms with E-state index in [-0.39, 0.29) is 6.54 Å². The summed E-state index contributed by atoms with van der Waals surface area (Å²) >= 11 is 0. The van der Waals surface area contributed by atoms with Crippen LogP contribution in [0, 0.1) is 13.8 Å². The number of methoxy groups -OCH3 is 1. The monoisotopic (exact) mass is 242 g/mol. The lowest BCUT2D eigenvalue weighted by Gasteiger charge is -2.20. The van der Waals surface area contributed by atoms with Crippen LogP contribution in [-0.2, 0) is 16.1 Å². The third-order valence-corrected chi connectivity index (χ3v) is 2.58. The van der Waals surface area contributed by atoms with Gasteiger partial charge in [0.2, 0.25) is 0 Å². The van der Waals surface area contributed by atoms with Crippen LogP contribution in [0.5, 0.6) is 0 Å². The first-order valence-corrected chi connectivity index (χ1v) is 5.31.